The maximum absolute atomic E-state index is 12.6. The number of nitrogens with zero attached hydrogens (tertiary/aromatic N) is 1. The Hall–Kier alpha value is -3.39. The van der Waals surface area contributed by atoms with E-state index in [-0.39, 0.29) is 43.5 Å². The van der Waals surface area contributed by atoms with Gasteiger partial charge in [-0.15, -0.1) is 0 Å². The molecule has 2 aliphatic rings. The van der Waals surface area contributed by atoms with Crippen LogP contribution in [0.2, 0.25) is 0 Å². The van der Waals surface area contributed by atoms with Crippen molar-refractivity contribution in [3.05, 3.63) is 54.1 Å². The zero-order valence-electron chi connectivity index (χ0n) is 17.0. The van der Waals surface area contributed by atoms with E-state index in [4.69, 9.17) is 14.2 Å². The predicted octanol–water partition coefficient (Wildman–Crippen LogP) is 1.97. The van der Waals surface area contributed by atoms with Gasteiger partial charge in [0, 0.05) is 18.7 Å². The first kappa shape index (κ1) is 20.9. The molecular weight excluding hydrogens is 400 g/mol. The number of rotatable bonds is 8. The standard InChI is InChI=1S/C23H24N2O6/c26-20(14-30-17-5-2-1-3-6-17)16-8-9-21-19(11-16)25(23(28)15-31-21)13-22(27)24-12-18-7-4-10-29-18/h1-3,5-6,8-9,11,18H,4,7,10,12-15H2,(H,24,27). The van der Waals surface area contributed by atoms with Gasteiger partial charge in [-0.2, -0.15) is 0 Å². The summed E-state index contributed by atoms with van der Waals surface area (Å²) < 4.78 is 16.5. The predicted molar refractivity (Wildman–Crippen MR) is 113 cm³/mol. The fourth-order valence-corrected chi connectivity index (χ4v) is 3.53. The van der Waals surface area contributed by atoms with Gasteiger partial charge in [-0.25, -0.2) is 0 Å². The highest BCUT2D eigenvalue weighted by Crippen LogP contribution is 2.33. The fraction of sp³-hybridized carbons (Fsp3) is 0.348. The molecule has 0 radical (unpaired) electrons. The first-order valence-corrected chi connectivity index (χ1v) is 10.3. The quantitative estimate of drug-likeness (QED) is 0.651. The molecule has 0 aliphatic carbocycles. The van der Waals surface area contributed by atoms with E-state index < -0.39 is 0 Å². The molecule has 162 valence electrons. The lowest BCUT2D eigenvalue weighted by atomic mass is 10.1. The maximum Gasteiger partial charge on any atom is 0.265 e. The number of para-hydroxylation sites is 1. The van der Waals surface area contributed by atoms with Crippen molar-refractivity contribution < 1.29 is 28.6 Å². The van der Waals surface area contributed by atoms with Crippen molar-refractivity contribution in [2.75, 3.05) is 37.8 Å². The van der Waals surface area contributed by atoms with E-state index in [1.807, 2.05) is 18.2 Å². The number of Topliss-reactive ketones (excluding diaryl/α,β-unsaturated/α-hetero) is 1. The minimum atomic E-state index is -0.343. The molecule has 0 bridgehead atoms. The van der Waals surface area contributed by atoms with Crippen LogP contribution in [0.4, 0.5) is 5.69 Å². The van der Waals surface area contributed by atoms with Crippen LogP contribution in [0.5, 0.6) is 11.5 Å². The summed E-state index contributed by atoms with van der Waals surface area (Å²) in [5, 5.41) is 2.81. The number of anilines is 1. The SMILES string of the molecule is O=C(CN1C(=O)COc2ccc(C(=O)COc3ccccc3)cc21)NCC1CCCO1. The molecule has 0 saturated carbocycles. The van der Waals surface area contributed by atoms with Crippen molar-refractivity contribution >= 4 is 23.3 Å². The van der Waals surface area contributed by atoms with Crippen LogP contribution in [0, 0.1) is 0 Å². The summed E-state index contributed by atoms with van der Waals surface area (Å²) in [6.07, 6.45) is 1.92. The molecule has 1 N–H and O–H groups in total. The lowest BCUT2D eigenvalue weighted by Gasteiger charge is -2.29. The molecular formula is C23H24N2O6. The number of hydrogen-bond donors (Lipinski definition) is 1. The molecule has 2 amide bonds. The van der Waals surface area contributed by atoms with Gasteiger partial charge in [0.05, 0.1) is 11.8 Å². The summed E-state index contributed by atoms with van der Waals surface area (Å²) in [6, 6.07) is 13.9. The molecule has 1 unspecified atom stereocenters. The minimum absolute atomic E-state index is 0.0189. The van der Waals surface area contributed by atoms with Gasteiger partial charge in [0.1, 0.15) is 18.0 Å². The van der Waals surface area contributed by atoms with Crippen LogP contribution in [0.3, 0.4) is 0 Å². The van der Waals surface area contributed by atoms with Crippen molar-refractivity contribution in [2.24, 2.45) is 0 Å². The Morgan fingerprint density at radius 1 is 1.16 bits per heavy atom. The molecule has 1 fully saturated rings. The maximum atomic E-state index is 12.6. The Balaban J connectivity index is 1.42. The van der Waals surface area contributed by atoms with Crippen LogP contribution in [0.1, 0.15) is 23.2 Å². The normalized spacial score (nSPS) is 17.6. The molecule has 0 spiro atoms. The van der Waals surface area contributed by atoms with E-state index in [1.165, 1.54) is 4.90 Å². The lowest BCUT2D eigenvalue weighted by molar-refractivity contribution is -0.125. The number of hydrogen-bond acceptors (Lipinski definition) is 6. The van der Waals surface area contributed by atoms with Crippen LogP contribution in [-0.4, -0.2) is 56.6 Å². The molecule has 1 saturated heterocycles. The van der Waals surface area contributed by atoms with E-state index in [0.29, 0.717) is 35.9 Å². The minimum Gasteiger partial charge on any atom is -0.485 e. The van der Waals surface area contributed by atoms with Gasteiger partial charge in [0.2, 0.25) is 5.91 Å². The second-order valence-corrected chi connectivity index (χ2v) is 7.42. The third-order valence-electron chi connectivity index (χ3n) is 5.19. The van der Waals surface area contributed by atoms with Gasteiger partial charge < -0.3 is 19.5 Å². The van der Waals surface area contributed by atoms with Gasteiger partial charge in [-0.05, 0) is 43.2 Å². The van der Waals surface area contributed by atoms with Crippen LogP contribution in [0.25, 0.3) is 0 Å². The second-order valence-electron chi connectivity index (χ2n) is 7.42. The van der Waals surface area contributed by atoms with Gasteiger partial charge in [-0.3, -0.25) is 19.3 Å². The molecule has 2 aliphatic heterocycles. The Morgan fingerprint density at radius 2 is 2.00 bits per heavy atom. The summed E-state index contributed by atoms with van der Waals surface area (Å²) >= 11 is 0. The summed E-state index contributed by atoms with van der Waals surface area (Å²) in [6.45, 7) is 0.677. The highest BCUT2D eigenvalue weighted by molar-refractivity contribution is 6.04. The van der Waals surface area contributed by atoms with Crippen LogP contribution in [-0.2, 0) is 14.3 Å². The first-order chi connectivity index (χ1) is 15.1. The Bertz CT molecular complexity index is 956. The molecule has 0 aromatic heterocycles. The molecule has 2 heterocycles. The molecule has 2 aromatic rings. The number of ether oxygens (including phenoxy) is 3. The van der Waals surface area contributed by atoms with E-state index in [0.717, 1.165) is 12.8 Å². The summed E-state index contributed by atoms with van der Waals surface area (Å²) in [4.78, 5) is 38.8. The summed E-state index contributed by atoms with van der Waals surface area (Å²) in [7, 11) is 0. The van der Waals surface area contributed by atoms with E-state index in [2.05, 4.69) is 5.32 Å². The van der Waals surface area contributed by atoms with E-state index in [1.54, 1.807) is 30.3 Å². The molecule has 8 heteroatoms. The summed E-state index contributed by atoms with van der Waals surface area (Å²) in [5.74, 6) is 0.169. The molecule has 2 aromatic carbocycles. The largest absolute Gasteiger partial charge is 0.485 e. The number of carbonyl (C=O) groups excluding carboxylic acids is 3. The van der Waals surface area contributed by atoms with Gasteiger partial charge in [0.25, 0.3) is 5.91 Å². The second kappa shape index (κ2) is 9.61. The van der Waals surface area contributed by atoms with Crippen molar-refractivity contribution in [3.8, 4) is 11.5 Å². The number of ketones is 1. The first-order valence-electron chi connectivity index (χ1n) is 10.3. The number of benzene rings is 2. The van der Waals surface area contributed by atoms with Crippen LogP contribution < -0.4 is 19.7 Å². The summed E-state index contributed by atoms with van der Waals surface area (Å²) in [5.41, 5.74) is 0.770. The van der Waals surface area contributed by atoms with Gasteiger partial charge in [-0.1, -0.05) is 18.2 Å². The highest BCUT2D eigenvalue weighted by Gasteiger charge is 2.28. The Morgan fingerprint density at radius 3 is 2.77 bits per heavy atom. The molecule has 31 heavy (non-hydrogen) atoms. The number of amides is 2. The number of fused-ring (bicyclic) bond motifs is 1. The average molecular weight is 424 g/mol. The molecule has 4 rings (SSSR count). The van der Waals surface area contributed by atoms with E-state index >= 15 is 0 Å². The van der Waals surface area contributed by atoms with Crippen molar-refractivity contribution in [1.29, 1.82) is 0 Å². The zero-order valence-corrected chi connectivity index (χ0v) is 17.0. The molecule has 1 atom stereocenters. The fourth-order valence-electron chi connectivity index (χ4n) is 3.53. The lowest BCUT2D eigenvalue weighted by Crippen LogP contribution is -2.46. The number of nitrogens with one attached hydrogen (secondary N) is 1. The van der Waals surface area contributed by atoms with Crippen LogP contribution in [0.15, 0.2) is 48.5 Å². The zero-order chi connectivity index (χ0) is 21.6. The molecule has 8 nitrogen and oxygen atoms in total. The van der Waals surface area contributed by atoms with Gasteiger partial charge in [0.15, 0.2) is 19.0 Å². The average Bonchev–Trinajstić information content (AvgIpc) is 3.32. The van der Waals surface area contributed by atoms with Crippen LogP contribution >= 0.6 is 0 Å². The number of carbonyl (C=O) groups is 3. The van der Waals surface area contributed by atoms with Crippen molar-refractivity contribution in [2.45, 2.75) is 18.9 Å². The smallest absolute Gasteiger partial charge is 0.265 e. The van der Waals surface area contributed by atoms with Crippen molar-refractivity contribution in [1.82, 2.24) is 5.32 Å². The topological polar surface area (TPSA) is 94.2 Å². The van der Waals surface area contributed by atoms with Gasteiger partial charge >= 0.3 is 0 Å². The highest BCUT2D eigenvalue weighted by atomic mass is 16.5. The third-order valence-corrected chi connectivity index (χ3v) is 5.19. The Kier molecular flexibility index (Phi) is 6.47. The Labute approximate surface area is 180 Å². The monoisotopic (exact) mass is 424 g/mol. The van der Waals surface area contributed by atoms with E-state index in [9.17, 15) is 14.4 Å². The van der Waals surface area contributed by atoms with Crippen molar-refractivity contribution in [3.63, 3.8) is 0 Å². The third kappa shape index (κ3) is 5.21.